The number of alkyl halides is 3. The van der Waals surface area contributed by atoms with Crippen molar-refractivity contribution in [3.8, 4) is 11.5 Å². The number of nitrogens with one attached hydrogen (secondary N) is 1. The molecular formula is C38H39F5N2O5. The third-order valence-corrected chi connectivity index (χ3v) is 8.45. The van der Waals surface area contributed by atoms with E-state index in [1.54, 1.807) is 0 Å². The second kappa shape index (κ2) is 15.6. The van der Waals surface area contributed by atoms with Crippen LogP contribution in [-0.4, -0.2) is 30.3 Å². The van der Waals surface area contributed by atoms with Crippen molar-refractivity contribution in [2.45, 2.75) is 52.4 Å². The maximum Gasteiger partial charge on any atom is 0.416 e. The lowest BCUT2D eigenvalue weighted by atomic mass is 9.84. The molecule has 1 aliphatic rings. The van der Waals surface area contributed by atoms with E-state index in [-0.39, 0.29) is 46.2 Å². The minimum atomic E-state index is -4.88. The van der Waals surface area contributed by atoms with Gasteiger partial charge in [-0.25, -0.2) is 8.78 Å². The zero-order chi connectivity index (χ0) is 36.8. The number of aliphatic hydroxyl groups excluding tert-OH is 1. The second-order valence-corrected chi connectivity index (χ2v) is 12.3. The van der Waals surface area contributed by atoms with Crippen LogP contribution in [0.15, 0.2) is 96.4 Å². The van der Waals surface area contributed by atoms with Gasteiger partial charge < -0.3 is 25.0 Å². The summed E-state index contributed by atoms with van der Waals surface area (Å²) in [5, 5.41) is 21.2. The molecule has 0 radical (unpaired) electrons. The van der Waals surface area contributed by atoms with E-state index < -0.39 is 40.9 Å². The van der Waals surface area contributed by atoms with Crippen LogP contribution in [0.4, 0.5) is 33.3 Å². The first kappa shape index (κ1) is 37.7. The number of phenolic OH excluding ortho intramolecular Hbond substituents is 1. The molecule has 266 valence electrons. The van der Waals surface area contributed by atoms with Gasteiger partial charge in [-0.15, -0.1) is 0 Å². The molecule has 0 fully saturated rings. The summed E-state index contributed by atoms with van der Waals surface area (Å²) in [4.78, 5) is 15.4. The summed E-state index contributed by atoms with van der Waals surface area (Å²) < 4.78 is 84.6. The summed E-state index contributed by atoms with van der Waals surface area (Å²) in [5.41, 5.74) is -1.40. The second-order valence-electron chi connectivity index (χ2n) is 12.3. The number of allylic oxidation sites excluding steroid dienone is 1. The number of phenols is 1. The number of amides is 1. The number of fused-ring (bicyclic) bond motifs is 1. The number of hydrogen-bond donors (Lipinski definition) is 3. The van der Waals surface area contributed by atoms with Gasteiger partial charge in [0.05, 0.1) is 29.6 Å². The molecule has 0 bridgehead atoms. The quantitative estimate of drug-likeness (QED) is 0.119. The number of carbonyl (C=O) groups excluding carboxylic acids is 1. The van der Waals surface area contributed by atoms with Gasteiger partial charge in [-0.05, 0) is 59.9 Å². The van der Waals surface area contributed by atoms with Gasteiger partial charge in [-0.1, -0.05) is 63.6 Å². The smallest absolute Gasteiger partial charge is 0.416 e. The summed E-state index contributed by atoms with van der Waals surface area (Å²) in [6, 6.07) is 17.5. The van der Waals surface area contributed by atoms with Gasteiger partial charge in [0.2, 0.25) is 0 Å². The highest BCUT2D eigenvalue weighted by Gasteiger charge is 2.42. The van der Waals surface area contributed by atoms with Gasteiger partial charge >= 0.3 is 6.18 Å². The van der Waals surface area contributed by atoms with Crippen LogP contribution in [-0.2, 0) is 17.5 Å². The number of anilines is 2. The number of carbonyl (C=O) groups is 1. The largest absolute Gasteiger partial charge is 0.506 e. The van der Waals surface area contributed by atoms with E-state index in [9.17, 15) is 23.1 Å². The first-order valence-electron chi connectivity index (χ1n) is 15.7. The number of rotatable bonds is 9. The number of benzene rings is 4. The highest BCUT2D eigenvalue weighted by Crippen LogP contribution is 2.49. The van der Waals surface area contributed by atoms with Gasteiger partial charge in [0, 0.05) is 18.7 Å². The molecule has 0 saturated carbocycles. The SMILES string of the molecule is CCC(C)(C)CC1=C(OC)C(c2ccc(OCc3ccccc3)cc2F)N(C(=O)c2cc(C(F)(F)F)ccc2F)c2cccc(O)c2N1.CO. The van der Waals surface area contributed by atoms with Crippen LogP contribution < -0.4 is 15.0 Å². The summed E-state index contributed by atoms with van der Waals surface area (Å²) in [7, 11) is 2.32. The molecule has 1 atom stereocenters. The van der Waals surface area contributed by atoms with Gasteiger partial charge in [-0.2, -0.15) is 13.2 Å². The molecule has 1 amide bonds. The molecule has 1 unspecified atom stereocenters. The van der Waals surface area contributed by atoms with Crippen LogP contribution in [0.2, 0.25) is 0 Å². The molecule has 0 aliphatic carbocycles. The standard InChI is InChI=1S/C37H35F5N2O4.CH4O/c1-5-36(2,3)20-29-34(47-4)33(25-16-15-24(19-28(25)39)48-21-22-10-7-6-8-11-22)44(30-12-9-13-31(45)32(30)43-29)35(46)26-18-23(37(40,41)42)14-17-27(26)38;1-2/h6-19,33,43,45H,5,20-21H2,1-4H3;2H,1H3. The molecular weight excluding hydrogens is 659 g/mol. The van der Waals surface area contributed by atoms with Crippen molar-refractivity contribution in [2.24, 2.45) is 5.41 Å². The first-order chi connectivity index (χ1) is 23.7. The third kappa shape index (κ3) is 8.19. The predicted molar refractivity (Wildman–Crippen MR) is 181 cm³/mol. The highest BCUT2D eigenvalue weighted by molar-refractivity contribution is 6.09. The Morgan fingerprint density at radius 1 is 0.920 bits per heavy atom. The molecule has 5 rings (SSSR count). The molecule has 50 heavy (non-hydrogen) atoms. The van der Waals surface area contributed by atoms with Crippen molar-refractivity contribution < 1.29 is 46.4 Å². The molecule has 1 aliphatic heterocycles. The van der Waals surface area contributed by atoms with E-state index in [4.69, 9.17) is 14.6 Å². The number of halogens is 5. The van der Waals surface area contributed by atoms with Crippen LogP contribution in [0.25, 0.3) is 0 Å². The highest BCUT2D eigenvalue weighted by atomic mass is 19.4. The summed E-state index contributed by atoms with van der Waals surface area (Å²) >= 11 is 0. The van der Waals surface area contributed by atoms with Gasteiger partial charge in [0.25, 0.3) is 5.91 Å². The molecule has 4 aromatic rings. The van der Waals surface area contributed by atoms with E-state index in [0.717, 1.165) is 23.6 Å². The number of nitrogens with zero attached hydrogens (tertiary/aromatic N) is 1. The molecule has 4 aromatic carbocycles. The Bertz CT molecular complexity index is 1840. The Morgan fingerprint density at radius 2 is 1.62 bits per heavy atom. The minimum Gasteiger partial charge on any atom is -0.506 e. The Kier molecular flexibility index (Phi) is 11.8. The third-order valence-electron chi connectivity index (χ3n) is 8.45. The van der Waals surface area contributed by atoms with Crippen LogP contribution in [0.5, 0.6) is 11.5 Å². The van der Waals surface area contributed by atoms with Gasteiger partial charge in [0.1, 0.15) is 47.2 Å². The topological polar surface area (TPSA) is 91.3 Å². The Hall–Kier alpha value is -5.10. The van der Waals surface area contributed by atoms with Crippen LogP contribution in [0.3, 0.4) is 0 Å². The van der Waals surface area contributed by atoms with Crippen LogP contribution >= 0.6 is 0 Å². The molecule has 12 heteroatoms. The first-order valence-corrected chi connectivity index (χ1v) is 15.7. The molecule has 1 heterocycles. The zero-order valence-electron chi connectivity index (χ0n) is 28.2. The number of ether oxygens (including phenoxy) is 2. The molecule has 0 saturated heterocycles. The Morgan fingerprint density at radius 3 is 2.24 bits per heavy atom. The summed E-state index contributed by atoms with van der Waals surface area (Å²) in [6.45, 7) is 6.10. The molecule has 3 N–H and O–H groups in total. The molecule has 7 nitrogen and oxygen atoms in total. The molecule has 0 aromatic heterocycles. The fourth-order valence-corrected chi connectivity index (χ4v) is 5.52. The fraction of sp³-hybridized carbons (Fsp3) is 0.289. The van der Waals surface area contributed by atoms with E-state index in [0.29, 0.717) is 36.7 Å². The van der Waals surface area contributed by atoms with Crippen molar-refractivity contribution in [1.29, 1.82) is 0 Å². The predicted octanol–water partition coefficient (Wildman–Crippen LogP) is 9.37. The average Bonchev–Trinajstić information content (AvgIpc) is 3.22. The van der Waals surface area contributed by atoms with Gasteiger partial charge in [-0.3, -0.25) is 9.69 Å². The van der Waals surface area contributed by atoms with Crippen LogP contribution in [0, 0.1) is 17.0 Å². The lowest BCUT2D eigenvalue weighted by Crippen LogP contribution is -2.37. The van der Waals surface area contributed by atoms with Gasteiger partial charge in [0.15, 0.2) is 0 Å². The van der Waals surface area contributed by atoms with Crippen molar-refractivity contribution in [2.75, 3.05) is 24.4 Å². The fourth-order valence-electron chi connectivity index (χ4n) is 5.52. The lowest BCUT2D eigenvalue weighted by Gasteiger charge is -2.33. The number of hydrogen-bond acceptors (Lipinski definition) is 6. The van der Waals surface area contributed by atoms with E-state index >= 15 is 8.78 Å². The van der Waals surface area contributed by atoms with Crippen molar-refractivity contribution in [3.63, 3.8) is 0 Å². The maximum atomic E-state index is 16.3. The van der Waals surface area contributed by atoms with Crippen LogP contribution in [0.1, 0.15) is 66.7 Å². The minimum absolute atomic E-state index is 0.0143. The monoisotopic (exact) mass is 698 g/mol. The van der Waals surface area contributed by atoms with Crippen molar-refractivity contribution in [3.05, 3.63) is 130 Å². The van der Waals surface area contributed by atoms with Crippen molar-refractivity contribution >= 4 is 17.3 Å². The summed E-state index contributed by atoms with van der Waals surface area (Å²) in [5.74, 6) is -3.33. The Balaban J connectivity index is 0.00000276. The number of methoxy groups -OCH3 is 1. The number of aromatic hydroxyl groups is 1. The van der Waals surface area contributed by atoms with Crippen molar-refractivity contribution in [1.82, 2.24) is 0 Å². The van der Waals surface area contributed by atoms with E-state index in [2.05, 4.69) is 5.32 Å². The maximum absolute atomic E-state index is 16.3. The van der Waals surface area contributed by atoms with E-state index in [1.165, 1.54) is 37.4 Å². The normalized spacial score (nSPS) is 14.5. The lowest BCUT2D eigenvalue weighted by molar-refractivity contribution is -0.137. The average molecular weight is 699 g/mol. The zero-order valence-corrected chi connectivity index (χ0v) is 28.2. The molecule has 0 spiro atoms. The summed E-state index contributed by atoms with van der Waals surface area (Å²) in [6.07, 6.45) is -3.87. The number of para-hydroxylation sites is 1. The number of aliphatic hydroxyl groups is 1. The van der Waals surface area contributed by atoms with E-state index in [1.807, 2.05) is 51.1 Å². The Labute approximate surface area is 287 Å².